The van der Waals surface area contributed by atoms with Crippen molar-refractivity contribution >= 4 is 11.8 Å². The Morgan fingerprint density at radius 3 is 2.50 bits per heavy atom. The molecule has 0 unspecified atom stereocenters. The predicted molar refractivity (Wildman–Crippen MR) is 92.8 cm³/mol. The maximum absolute atomic E-state index is 12.6. The molecule has 0 atom stereocenters. The molecule has 0 N–H and O–H groups in total. The van der Waals surface area contributed by atoms with Crippen LogP contribution >= 0.6 is 0 Å². The van der Waals surface area contributed by atoms with E-state index in [0.717, 1.165) is 12.1 Å². The van der Waals surface area contributed by atoms with Gasteiger partial charge in [-0.15, -0.1) is 0 Å². The number of hydrogen-bond donors (Lipinski definition) is 0. The third kappa shape index (κ3) is 3.35. The third-order valence-corrected chi connectivity index (χ3v) is 4.73. The minimum absolute atomic E-state index is 0.0270. The highest BCUT2D eigenvalue weighted by molar-refractivity contribution is 5.98. The Labute approximate surface area is 142 Å². The first kappa shape index (κ1) is 16.3. The average Bonchev–Trinajstić information content (AvgIpc) is 2.93. The Morgan fingerprint density at radius 2 is 1.88 bits per heavy atom. The van der Waals surface area contributed by atoms with Gasteiger partial charge in [-0.05, 0) is 25.0 Å². The number of amides is 2. The van der Waals surface area contributed by atoms with Gasteiger partial charge in [0, 0.05) is 38.6 Å². The first-order chi connectivity index (χ1) is 11.6. The van der Waals surface area contributed by atoms with Gasteiger partial charge in [0.25, 0.3) is 5.91 Å². The molecular formula is C19H23N3O2. The van der Waals surface area contributed by atoms with E-state index in [2.05, 4.69) is 12.1 Å². The van der Waals surface area contributed by atoms with Crippen LogP contribution in [0.2, 0.25) is 0 Å². The van der Waals surface area contributed by atoms with Crippen molar-refractivity contribution in [3.8, 4) is 0 Å². The summed E-state index contributed by atoms with van der Waals surface area (Å²) in [5.41, 5.74) is 2.84. The van der Waals surface area contributed by atoms with Gasteiger partial charge in [-0.1, -0.05) is 30.3 Å². The van der Waals surface area contributed by atoms with Crippen molar-refractivity contribution in [1.29, 1.82) is 0 Å². The van der Waals surface area contributed by atoms with Crippen LogP contribution in [0.1, 0.15) is 21.6 Å². The van der Waals surface area contributed by atoms with E-state index in [-0.39, 0.29) is 18.4 Å². The van der Waals surface area contributed by atoms with Crippen LogP contribution in [-0.2, 0) is 18.3 Å². The van der Waals surface area contributed by atoms with Crippen molar-refractivity contribution in [2.45, 2.75) is 13.3 Å². The van der Waals surface area contributed by atoms with Crippen molar-refractivity contribution in [3.63, 3.8) is 0 Å². The summed E-state index contributed by atoms with van der Waals surface area (Å²) >= 11 is 0. The highest BCUT2D eigenvalue weighted by Crippen LogP contribution is 2.14. The molecule has 5 heteroatoms. The number of carbonyl (C=O) groups excluding carboxylic acids is 2. The highest BCUT2D eigenvalue weighted by atomic mass is 16.2. The van der Waals surface area contributed by atoms with Crippen LogP contribution in [-0.4, -0.2) is 52.4 Å². The molecule has 5 nitrogen and oxygen atoms in total. The number of aryl methyl sites for hydroxylation is 1. The molecule has 0 radical (unpaired) electrons. The van der Waals surface area contributed by atoms with E-state index in [9.17, 15) is 9.59 Å². The number of piperazine rings is 1. The standard InChI is InChI=1S/C19H23N3O2/c1-15-17(9-10-20(15)2)19(24)22-13-12-21(18(23)14-22)11-8-16-6-4-3-5-7-16/h3-7,9-10H,8,11-14H2,1-2H3. The van der Waals surface area contributed by atoms with Crippen LogP contribution in [0.4, 0.5) is 0 Å². The van der Waals surface area contributed by atoms with Crippen molar-refractivity contribution in [1.82, 2.24) is 14.4 Å². The topological polar surface area (TPSA) is 45.6 Å². The summed E-state index contributed by atoms with van der Waals surface area (Å²) in [4.78, 5) is 28.5. The van der Waals surface area contributed by atoms with Gasteiger partial charge in [-0.3, -0.25) is 9.59 Å². The normalized spacial score (nSPS) is 15.0. The van der Waals surface area contributed by atoms with Crippen LogP contribution in [0.5, 0.6) is 0 Å². The molecule has 2 aromatic rings. The van der Waals surface area contributed by atoms with Crippen LogP contribution in [0, 0.1) is 6.92 Å². The molecule has 0 spiro atoms. The van der Waals surface area contributed by atoms with Crippen LogP contribution in [0.3, 0.4) is 0 Å². The number of rotatable bonds is 4. The summed E-state index contributed by atoms with van der Waals surface area (Å²) in [6.45, 7) is 3.99. The van der Waals surface area contributed by atoms with Gasteiger partial charge in [0.15, 0.2) is 0 Å². The van der Waals surface area contributed by atoms with Crippen molar-refractivity contribution in [2.24, 2.45) is 7.05 Å². The molecule has 126 valence electrons. The van der Waals surface area contributed by atoms with Gasteiger partial charge in [0.1, 0.15) is 6.54 Å². The molecular weight excluding hydrogens is 302 g/mol. The van der Waals surface area contributed by atoms with Crippen LogP contribution in [0.15, 0.2) is 42.6 Å². The lowest BCUT2D eigenvalue weighted by atomic mass is 10.1. The quantitative estimate of drug-likeness (QED) is 0.861. The molecule has 2 amide bonds. The molecule has 1 aromatic carbocycles. The second-order valence-corrected chi connectivity index (χ2v) is 6.27. The second-order valence-electron chi connectivity index (χ2n) is 6.27. The number of hydrogen-bond acceptors (Lipinski definition) is 2. The average molecular weight is 325 g/mol. The molecule has 1 fully saturated rings. The summed E-state index contributed by atoms with van der Waals surface area (Å²) in [7, 11) is 1.92. The fourth-order valence-corrected chi connectivity index (χ4v) is 3.03. The van der Waals surface area contributed by atoms with Gasteiger partial charge in [-0.25, -0.2) is 0 Å². The Bertz CT molecular complexity index is 736. The number of carbonyl (C=O) groups is 2. The number of benzene rings is 1. The van der Waals surface area contributed by atoms with Gasteiger partial charge < -0.3 is 14.4 Å². The van der Waals surface area contributed by atoms with Crippen molar-refractivity contribution < 1.29 is 9.59 Å². The molecule has 24 heavy (non-hydrogen) atoms. The van der Waals surface area contributed by atoms with Crippen LogP contribution in [0.25, 0.3) is 0 Å². The molecule has 3 rings (SSSR count). The maximum Gasteiger partial charge on any atom is 0.256 e. The Morgan fingerprint density at radius 1 is 1.12 bits per heavy atom. The zero-order valence-corrected chi connectivity index (χ0v) is 14.2. The van der Waals surface area contributed by atoms with Crippen LogP contribution < -0.4 is 0 Å². The zero-order chi connectivity index (χ0) is 17.1. The van der Waals surface area contributed by atoms with Gasteiger partial charge in [0.05, 0.1) is 5.56 Å². The van der Waals surface area contributed by atoms with E-state index in [1.54, 1.807) is 4.90 Å². The van der Waals surface area contributed by atoms with Gasteiger partial charge in [-0.2, -0.15) is 0 Å². The Kier molecular flexibility index (Phi) is 4.69. The van der Waals surface area contributed by atoms with E-state index in [1.807, 2.05) is 53.9 Å². The monoisotopic (exact) mass is 325 g/mol. The fraction of sp³-hybridized carbons (Fsp3) is 0.368. The summed E-state index contributed by atoms with van der Waals surface area (Å²) in [5, 5.41) is 0. The lowest BCUT2D eigenvalue weighted by Gasteiger charge is -2.34. The highest BCUT2D eigenvalue weighted by Gasteiger charge is 2.28. The first-order valence-corrected chi connectivity index (χ1v) is 8.29. The Balaban J connectivity index is 1.58. The minimum atomic E-state index is -0.0517. The Hall–Kier alpha value is -2.56. The third-order valence-electron chi connectivity index (χ3n) is 4.73. The molecule has 0 saturated carbocycles. The van der Waals surface area contributed by atoms with Gasteiger partial charge in [0.2, 0.25) is 5.91 Å². The fourth-order valence-electron chi connectivity index (χ4n) is 3.03. The van der Waals surface area contributed by atoms with E-state index in [4.69, 9.17) is 0 Å². The molecule has 1 aliphatic rings. The summed E-state index contributed by atoms with van der Waals surface area (Å²) < 4.78 is 1.92. The van der Waals surface area contributed by atoms with E-state index < -0.39 is 0 Å². The first-order valence-electron chi connectivity index (χ1n) is 8.29. The molecule has 1 aliphatic heterocycles. The second kappa shape index (κ2) is 6.91. The van der Waals surface area contributed by atoms with Crippen molar-refractivity contribution in [3.05, 3.63) is 59.4 Å². The van der Waals surface area contributed by atoms with E-state index in [1.165, 1.54) is 5.56 Å². The maximum atomic E-state index is 12.6. The minimum Gasteiger partial charge on any atom is -0.354 e. The van der Waals surface area contributed by atoms with Crippen molar-refractivity contribution in [2.75, 3.05) is 26.2 Å². The summed E-state index contributed by atoms with van der Waals surface area (Å²) in [5.74, 6) is -0.0247. The molecule has 2 heterocycles. The smallest absolute Gasteiger partial charge is 0.256 e. The SMILES string of the molecule is Cc1c(C(=O)N2CCN(CCc3ccccc3)C(=O)C2)ccn1C. The summed E-state index contributed by atoms with van der Waals surface area (Å²) in [6.07, 6.45) is 2.72. The van der Waals surface area contributed by atoms with E-state index in [0.29, 0.717) is 25.2 Å². The number of aromatic nitrogens is 1. The van der Waals surface area contributed by atoms with Gasteiger partial charge >= 0.3 is 0 Å². The number of nitrogens with zero attached hydrogens (tertiary/aromatic N) is 3. The summed E-state index contributed by atoms with van der Waals surface area (Å²) in [6, 6.07) is 12.0. The zero-order valence-electron chi connectivity index (χ0n) is 14.2. The lowest BCUT2D eigenvalue weighted by molar-refractivity contribution is -0.134. The largest absolute Gasteiger partial charge is 0.354 e. The molecule has 0 bridgehead atoms. The molecule has 0 aliphatic carbocycles. The predicted octanol–water partition coefficient (Wildman–Crippen LogP) is 1.86. The lowest BCUT2D eigenvalue weighted by Crippen LogP contribution is -2.52. The van der Waals surface area contributed by atoms with E-state index >= 15 is 0 Å². The molecule has 1 aromatic heterocycles. The molecule has 1 saturated heterocycles.